The fourth-order valence-corrected chi connectivity index (χ4v) is 1.99. The summed E-state index contributed by atoms with van der Waals surface area (Å²) in [5.74, 6) is -0.910. The molecule has 0 unspecified atom stereocenters. The highest BCUT2D eigenvalue weighted by Gasteiger charge is 2.26. The van der Waals surface area contributed by atoms with E-state index in [1.165, 1.54) is 4.90 Å². The molecule has 0 aliphatic carbocycles. The molecule has 19 heavy (non-hydrogen) atoms. The van der Waals surface area contributed by atoms with Crippen LogP contribution in [0.5, 0.6) is 0 Å². The van der Waals surface area contributed by atoms with Gasteiger partial charge in [-0.15, -0.1) is 0 Å². The van der Waals surface area contributed by atoms with Gasteiger partial charge in [-0.25, -0.2) is 0 Å². The Hall–Kier alpha value is -1.88. The molecule has 1 fully saturated rings. The summed E-state index contributed by atoms with van der Waals surface area (Å²) in [4.78, 5) is 27.0. The first-order chi connectivity index (χ1) is 9.18. The molecular weight excluding hydrogens is 244 g/mol. The minimum Gasteiger partial charge on any atom is -0.378 e. The van der Waals surface area contributed by atoms with Crippen molar-refractivity contribution in [1.82, 2.24) is 9.80 Å². The van der Waals surface area contributed by atoms with E-state index in [2.05, 4.69) is 0 Å². The van der Waals surface area contributed by atoms with Gasteiger partial charge in [0.25, 0.3) is 0 Å². The Morgan fingerprint density at radius 2 is 1.84 bits per heavy atom. The van der Waals surface area contributed by atoms with Crippen LogP contribution in [0.25, 0.3) is 0 Å². The molecule has 5 heteroatoms. The largest absolute Gasteiger partial charge is 0.378 e. The minimum atomic E-state index is -0.467. The second kappa shape index (κ2) is 6.33. The number of hydrogen-bond donors (Lipinski definition) is 0. The van der Waals surface area contributed by atoms with Gasteiger partial charge in [-0.3, -0.25) is 9.59 Å². The standard InChI is InChI=1S/C14H18N2O3/c1-15(11-12-5-3-2-4-6-12)13(17)14(18)16-7-9-19-10-8-16/h2-6H,7-11H2,1H3. The molecular formula is C14H18N2O3. The van der Waals surface area contributed by atoms with Crippen LogP contribution in [0.15, 0.2) is 30.3 Å². The van der Waals surface area contributed by atoms with E-state index < -0.39 is 11.8 Å². The van der Waals surface area contributed by atoms with Crippen molar-refractivity contribution in [2.45, 2.75) is 6.54 Å². The maximum absolute atomic E-state index is 12.0. The van der Waals surface area contributed by atoms with Crippen LogP contribution < -0.4 is 0 Å². The van der Waals surface area contributed by atoms with Crippen LogP contribution in [-0.2, 0) is 20.9 Å². The Balaban J connectivity index is 1.93. The summed E-state index contributed by atoms with van der Waals surface area (Å²) in [5, 5.41) is 0. The van der Waals surface area contributed by atoms with Crippen molar-refractivity contribution in [3.05, 3.63) is 35.9 Å². The van der Waals surface area contributed by atoms with E-state index in [1.54, 1.807) is 11.9 Å². The molecule has 2 rings (SSSR count). The SMILES string of the molecule is CN(Cc1ccccc1)C(=O)C(=O)N1CCOCC1. The Labute approximate surface area is 112 Å². The lowest BCUT2D eigenvalue weighted by Crippen LogP contribution is -2.48. The maximum Gasteiger partial charge on any atom is 0.312 e. The Morgan fingerprint density at radius 3 is 2.47 bits per heavy atom. The van der Waals surface area contributed by atoms with Crippen molar-refractivity contribution in [2.75, 3.05) is 33.4 Å². The van der Waals surface area contributed by atoms with Crippen LogP contribution in [0.2, 0.25) is 0 Å². The van der Waals surface area contributed by atoms with E-state index in [9.17, 15) is 9.59 Å². The monoisotopic (exact) mass is 262 g/mol. The second-order valence-electron chi connectivity index (χ2n) is 4.55. The van der Waals surface area contributed by atoms with Gasteiger partial charge in [-0.05, 0) is 5.56 Å². The highest BCUT2D eigenvalue weighted by atomic mass is 16.5. The predicted octanol–water partition coefficient (Wildman–Crippen LogP) is 0.504. The molecule has 0 radical (unpaired) electrons. The molecule has 0 spiro atoms. The maximum atomic E-state index is 12.0. The van der Waals surface area contributed by atoms with Crippen LogP contribution >= 0.6 is 0 Å². The van der Waals surface area contributed by atoms with Crippen molar-refractivity contribution in [2.24, 2.45) is 0 Å². The first kappa shape index (κ1) is 13.5. The summed E-state index contributed by atoms with van der Waals surface area (Å²) in [6.07, 6.45) is 0. The summed E-state index contributed by atoms with van der Waals surface area (Å²) in [7, 11) is 1.65. The van der Waals surface area contributed by atoms with Gasteiger partial charge >= 0.3 is 11.8 Å². The molecule has 1 heterocycles. The smallest absolute Gasteiger partial charge is 0.312 e. The van der Waals surface area contributed by atoms with Gasteiger partial charge in [0.15, 0.2) is 0 Å². The molecule has 0 saturated carbocycles. The fourth-order valence-electron chi connectivity index (χ4n) is 1.99. The zero-order chi connectivity index (χ0) is 13.7. The third kappa shape index (κ3) is 3.54. The number of amides is 2. The molecule has 0 aromatic heterocycles. The lowest BCUT2D eigenvalue weighted by atomic mass is 10.2. The van der Waals surface area contributed by atoms with Gasteiger partial charge in [0.05, 0.1) is 13.2 Å². The molecule has 2 amide bonds. The van der Waals surface area contributed by atoms with Gasteiger partial charge < -0.3 is 14.5 Å². The number of likely N-dealkylation sites (N-methyl/N-ethyl adjacent to an activating group) is 1. The van der Waals surface area contributed by atoms with E-state index in [0.717, 1.165) is 5.56 Å². The van der Waals surface area contributed by atoms with Crippen molar-refractivity contribution >= 4 is 11.8 Å². The van der Waals surface area contributed by atoms with Crippen molar-refractivity contribution in [3.63, 3.8) is 0 Å². The van der Waals surface area contributed by atoms with E-state index in [4.69, 9.17) is 4.74 Å². The van der Waals surface area contributed by atoms with Gasteiger partial charge in [-0.2, -0.15) is 0 Å². The zero-order valence-corrected chi connectivity index (χ0v) is 11.0. The molecule has 0 bridgehead atoms. The first-order valence-corrected chi connectivity index (χ1v) is 6.34. The van der Waals surface area contributed by atoms with Crippen LogP contribution in [-0.4, -0.2) is 55.0 Å². The Kier molecular flexibility index (Phi) is 4.52. The van der Waals surface area contributed by atoms with Crippen molar-refractivity contribution < 1.29 is 14.3 Å². The highest BCUT2D eigenvalue weighted by Crippen LogP contribution is 2.05. The number of morpholine rings is 1. The molecule has 102 valence electrons. The Bertz CT molecular complexity index is 441. The van der Waals surface area contributed by atoms with Crippen LogP contribution in [0.3, 0.4) is 0 Å². The van der Waals surface area contributed by atoms with Gasteiger partial charge in [0.1, 0.15) is 0 Å². The molecule has 1 saturated heterocycles. The van der Waals surface area contributed by atoms with Crippen LogP contribution in [0, 0.1) is 0 Å². The Morgan fingerprint density at radius 1 is 1.21 bits per heavy atom. The van der Waals surface area contributed by atoms with Crippen molar-refractivity contribution in [1.29, 1.82) is 0 Å². The molecule has 5 nitrogen and oxygen atoms in total. The van der Waals surface area contributed by atoms with Gasteiger partial charge in [0.2, 0.25) is 0 Å². The minimum absolute atomic E-state index is 0.440. The summed E-state index contributed by atoms with van der Waals surface area (Å²) in [6, 6.07) is 9.62. The van der Waals surface area contributed by atoms with E-state index in [1.807, 2.05) is 30.3 Å². The molecule has 0 N–H and O–H groups in total. The number of carbonyl (C=O) groups excluding carboxylic acids is 2. The number of ether oxygens (including phenoxy) is 1. The predicted molar refractivity (Wildman–Crippen MR) is 70.3 cm³/mol. The normalized spacial score (nSPS) is 15.1. The molecule has 1 aliphatic heterocycles. The summed E-state index contributed by atoms with van der Waals surface area (Å²) < 4.78 is 5.17. The number of benzene rings is 1. The summed E-state index contributed by atoms with van der Waals surface area (Å²) >= 11 is 0. The van der Waals surface area contributed by atoms with Crippen LogP contribution in [0.1, 0.15) is 5.56 Å². The molecule has 1 aromatic carbocycles. The number of rotatable bonds is 2. The average molecular weight is 262 g/mol. The third-order valence-electron chi connectivity index (χ3n) is 3.09. The van der Waals surface area contributed by atoms with E-state index in [0.29, 0.717) is 32.8 Å². The molecule has 0 atom stereocenters. The summed E-state index contributed by atoms with van der Waals surface area (Å²) in [5.41, 5.74) is 1.01. The molecule has 1 aromatic rings. The van der Waals surface area contributed by atoms with Gasteiger partial charge in [-0.1, -0.05) is 30.3 Å². The molecule has 1 aliphatic rings. The zero-order valence-electron chi connectivity index (χ0n) is 11.0. The lowest BCUT2D eigenvalue weighted by Gasteiger charge is -2.28. The van der Waals surface area contributed by atoms with Crippen LogP contribution in [0.4, 0.5) is 0 Å². The fraction of sp³-hybridized carbons (Fsp3) is 0.429. The number of nitrogens with zero attached hydrogens (tertiary/aromatic N) is 2. The summed E-state index contributed by atoms with van der Waals surface area (Å²) in [6.45, 7) is 2.42. The lowest BCUT2D eigenvalue weighted by molar-refractivity contribution is -0.153. The quantitative estimate of drug-likeness (QED) is 0.729. The topological polar surface area (TPSA) is 49.9 Å². The number of carbonyl (C=O) groups is 2. The number of hydrogen-bond acceptors (Lipinski definition) is 3. The van der Waals surface area contributed by atoms with E-state index in [-0.39, 0.29) is 0 Å². The highest BCUT2D eigenvalue weighted by molar-refractivity contribution is 6.34. The second-order valence-corrected chi connectivity index (χ2v) is 4.55. The average Bonchev–Trinajstić information content (AvgIpc) is 2.47. The third-order valence-corrected chi connectivity index (χ3v) is 3.09. The van der Waals surface area contributed by atoms with E-state index >= 15 is 0 Å². The first-order valence-electron chi connectivity index (χ1n) is 6.34. The van der Waals surface area contributed by atoms with Crippen molar-refractivity contribution in [3.8, 4) is 0 Å². The van der Waals surface area contributed by atoms with Gasteiger partial charge in [0, 0.05) is 26.7 Å².